The lowest BCUT2D eigenvalue weighted by molar-refractivity contribution is -0.166. The van der Waals surface area contributed by atoms with Gasteiger partial charge >= 0.3 is 17.9 Å². The van der Waals surface area contributed by atoms with E-state index in [4.69, 9.17) is 18.6 Å². The summed E-state index contributed by atoms with van der Waals surface area (Å²) in [6.45, 7) is 36.7. The van der Waals surface area contributed by atoms with Crippen LogP contribution in [0, 0.1) is 29.6 Å². The predicted octanol–water partition coefficient (Wildman–Crippen LogP) is 11.0. The molecule has 286 valence electrons. The van der Waals surface area contributed by atoms with Crippen LogP contribution in [0.3, 0.4) is 0 Å². The Labute approximate surface area is 302 Å². The van der Waals surface area contributed by atoms with E-state index >= 15 is 0 Å². The Kier molecular flexibility index (Phi) is 19.4. The molecule has 8 heteroatoms. The van der Waals surface area contributed by atoms with Crippen molar-refractivity contribution in [3.8, 4) is 0 Å². The van der Waals surface area contributed by atoms with Crippen LogP contribution in [0.15, 0.2) is 23.3 Å². The zero-order chi connectivity index (χ0) is 38.5. The van der Waals surface area contributed by atoms with E-state index in [1.165, 1.54) is 19.3 Å². The van der Waals surface area contributed by atoms with Crippen LogP contribution >= 0.6 is 0 Å². The highest BCUT2D eigenvalue weighted by Gasteiger charge is 2.41. The van der Waals surface area contributed by atoms with Crippen LogP contribution in [0.5, 0.6) is 0 Å². The first-order chi connectivity index (χ1) is 22.1. The average Bonchev–Trinajstić information content (AvgIpc) is 2.88. The van der Waals surface area contributed by atoms with Crippen molar-refractivity contribution in [3.05, 3.63) is 23.3 Å². The SMILES string of the molecule is CCC(C)CC(C)CC(C)CC(C)/C=C(C)/C=C(/CC(C)C(=O)OCC[C@H](O[Si](C)(C)C(C)(C)C)C(=O)OC(C)(C)C)C(=O)OC(C)(C)C. The maximum absolute atomic E-state index is 13.3. The molecule has 6 atom stereocenters. The number of ether oxygens (including phenoxy) is 3. The number of rotatable bonds is 19. The summed E-state index contributed by atoms with van der Waals surface area (Å²) in [4.78, 5) is 39.6. The van der Waals surface area contributed by atoms with Gasteiger partial charge in [0.1, 0.15) is 17.3 Å². The van der Waals surface area contributed by atoms with Crippen LogP contribution in [0.2, 0.25) is 18.1 Å². The molecule has 7 nitrogen and oxygen atoms in total. The number of allylic oxidation sites excluding steroid dienone is 3. The van der Waals surface area contributed by atoms with Crippen molar-refractivity contribution in [1.82, 2.24) is 0 Å². The van der Waals surface area contributed by atoms with Crippen molar-refractivity contribution in [1.29, 1.82) is 0 Å². The molecule has 0 rings (SSSR count). The number of hydrogen-bond donors (Lipinski definition) is 0. The summed E-state index contributed by atoms with van der Waals surface area (Å²) >= 11 is 0. The molecule has 5 unspecified atom stereocenters. The van der Waals surface area contributed by atoms with E-state index in [0.29, 0.717) is 23.3 Å². The number of hydrogen-bond acceptors (Lipinski definition) is 7. The molecule has 0 aromatic carbocycles. The first-order valence-corrected chi connectivity index (χ1v) is 21.7. The molecule has 0 radical (unpaired) electrons. The van der Waals surface area contributed by atoms with Gasteiger partial charge in [-0.05, 0) is 122 Å². The second kappa shape index (κ2) is 20.2. The van der Waals surface area contributed by atoms with Gasteiger partial charge in [-0.2, -0.15) is 0 Å². The Bertz CT molecular complexity index is 1100. The normalized spacial score (nSPS) is 17.4. The quantitative estimate of drug-likeness (QED) is 0.0434. The van der Waals surface area contributed by atoms with Gasteiger partial charge in [0.05, 0.1) is 12.5 Å². The smallest absolute Gasteiger partial charge is 0.334 e. The van der Waals surface area contributed by atoms with Crippen LogP contribution in [-0.4, -0.2) is 50.1 Å². The highest BCUT2D eigenvalue weighted by atomic mass is 28.4. The fraction of sp³-hybridized carbons (Fsp3) is 0.829. The second-order valence-corrected chi connectivity index (χ2v) is 23.2. The van der Waals surface area contributed by atoms with Gasteiger partial charge in [0.15, 0.2) is 8.32 Å². The van der Waals surface area contributed by atoms with E-state index in [9.17, 15) is 14.4 Å². The largest absolute Gasteiger partial charge is 0.465 e. The van der Waals surface area contributed by atoms with Gasteiger partial charge in [-0.1, -0.05) is 80.4 Å². The summed E-state index contributed by atoms with van der Waals surface area (Å²) in [5, 5.41) is -0.114. The molecule has 0 aromatic heterocycles. The lowest BCUT2D eigenvalue weighted by Gasteiger charge is -2.39. The fourth-order valence-electron chi connectivity index (χ4n) is 5.70. The maximum Gasteiger partial charge on any atom is 0.334 e. The minimum Gasteiger partial charge on any atom is -0.465 e. The van der Waals surface area contributed by atoms with E-state index in [0.717, 1.165) is 17.9 Å². The van der Waals surface area contributed by atoms with Gasteiger partial charge in [0.2, 0.25) is 0 Å². The Balaban J connectivity index is 5.76. The van der Waals surface area contributed by atoms with Crippen LogP contribution in [0.1, 0.15) is 149 Å². The third-order valence-corrected chi connectivity index (χ3v) is 13.6. The summed E-state index contributed by atoms with van der Waals surface area (Å²) < 4.78 is 23.5. The first-order valence-electron chi connectivity index (χ1n) is 18.8. The van der Waals surface area contributed by atoms with Crippen molar-refractivity contribution >= 4 is 26.2 Å². The fourth-order valence-corrected chi connectivity index (χ4v) is 6.98. The number of carbonyl (C=O) groups is 3. The Morgan fingerprint density at radius 1 is 0.735 bits per heavy atom. The summed E-state index contributed by atoms with van der Waals surface area (Å²) in [5.41, 5.74) is 0.0587. The molecule has 0 spiro atoms. The standard InChI is InChI=1S/C41H76O7Si/c1-19-28(2)22-29(3)23-30(4)24-31(5)25-32(6)26-34(37(43)46-39(8,9)10)27-33(7)36(42)45-21-20-35(38(44)47-40(11,12)13)48-49(17,18)41(14,15)16/h25-26,28-31,33,35H,19-24,27H2,1-18H3/b32-25+,34-26-/t28?,29?,30?,31?,33?,35-/m0/s1. The molecular weight excluding hydrogens is 633 g/mol. The van der Waals surface area contributed by atoms with E-state index in [1.807, 2.05) is 54.5 Å². The molecular formula is C41H76O7Si. The molecule has 0 aliphatic carbocycles. The van der Waals surface area contributed by atoms with Crippen molar-refractivity contribution in [2.45, 2.75) is 185 Å². The number of esters is 3. The highest BCUT2D eigenvalue weighted by molar-refractivity contribution is 6.74. The summed E-state index contributed by atoms with van der Waals surface area (Å²) in [6, 6.07) is 0. The Hall–Kier alpha value is -1.93. The van der Waals surface area contributed by atoms with Crippen LogP contribution in [0.4, 0.5) is 0 Å². The van der Waals surface area contributed by atoms with Crippen molar-refractivity contribution < 1.29 is 33.0 Å². The predicted molar refractivity (Wildman–Crippen MR) is 206 cm³/mol. The lowest BCUT2D eigenvalue weighted by Crippen LogP contribution is -2.47. The zero-order valence-corrected chi connectivity index (χ0v) is 35.9. The average molecular weight is 709 g/mol. The molecule has 0 heterocycles. The van der Waals surface area contributed by atoms with E-state index < -0.39 is 49.4 Å². The number of carbonyl (C=O) groups excluding carboxylic acids is 3. The van der Waals surface area contributed by atoms with Crippen LogP contribution < -0.4 is 0 Å². The van der Waals surface area contributed by atoms with Crippen LogP contribution in [-0.2, 0) is 33.0 Å². The summed E-state index contributed by atoms with van der Waals surface area (Å²) in [7, 11) is -2.32. The lowest BCUT2D eigenvalue weighted by atomic mass is 9.84. The Morgan fingerprint density at radius 2 is 1.24 bits per heavy atom. The first kappa shape index (κ1) is 47.1. The molecule has 0 fully saturated rings. The molecule has 0 amide bonds. The molecule has 0 aliphatic heterocycles. The van der Waals surface area contributed by atoms with Crippen molar-refractivity contribution in [3.63, 3.8) is 0 Å². The summed E-state index contributed by atoms with van der Waals surface area (Å²) in [6.07, 6.45) is 8.35. The zero-order valence-electron chi connectivity index (χ0n) is 34.9. The molecule has 0 aliphatic rings. The van der Waals surface area contributed by atoms with Gasteiger partial charge in [-0.3, -0.25) is 4.79 Å². The van der Waals surface area contributed by atoms with E-state index in [1.54, 1.807) is 6.92 Å². The second-order valence-electron chi connectivity index (χ2n) is 18.5. The van der Waals surface area contributed by atoms with Crippen molar-refractivity contribution in [2.24, 2.45) is 29.6 Å². The van der Waals surface area contributed by atoms with Crippen molar-refractivity contribution in [2.75, 3.05) is 6.61 Å². The summed E-state index contributed by atoms with van der Waals surface area (Å²) in [5.74, 6) is 0.469. The van der Waals surface area contributed by atoms with Gasteiger partial charge in [-0.15, -0.1) is 0 Å². The van der Waals surface area contributed by atoms with E-state index in [-0.39, 0.29) is 24.5 Å². The minimum atomic E-state index is -2.32. The molecule has 0 bridgehead atoms. The molecule has 0 N–H and O–H groups in total. The highest BCUT2D eigenvalue weighted by Crippen LogP contribution is 2.38. The monoisotopic (exact) mass is 709 g/mol. The minimum absolute atomic E-state index is 0.00219. The maximum atomic E-state index is 13.3. The Morgan fingerprint density at radius 3 is 1.73 bits per heavy atom. The van der Waals surface area contributed by atoms with Gasteiger partial charge in [-0.25, -0.2) is 9.59 Å². The third kappa shape index (κ3) is 20.5. The van der Waals surface area contributed by atoms with Gasteiger partial charge in [0.25, 0.3) is 0 Å². The molecule has 49 heavy (non-hydrogen) atoms. The molecule has 0 aromatic rings. The molecule has 0 saturated heterocycles. The van der Waals surface area contributed by atoms with Crippen LogP contribution in [0.25, 0.3) is 0 Å². The van der Waals surface area contributed by atoms with E-state index in [2.05, 4.69) is 74.6 Å². The van der Waals surface area contributed by atoms with Gasteiger partial charge in [0, 0.05) is 12.0 Å². The third-order valence-electron chi connectivity index (χ3n) is 9.16. The van der Waals surface area contributed by atoms with Gasteiger partial charge < -0.3 is 18.6 Å². The molecule has 0 saturated carbocycles. The topological polar surface area (TPSA) is 88.1 Å².